The molecule has 5 fully saturated rings. The Morgan fingerprint density at radius 2 is 1.51 bits per heavy atom. The van der Waals surface area contributed by atoms with E-state index in [2.05, 4.69) is 13.8 Å². The first-order valence-electron chi connectivity index (χ1n) is 13.4. The van der Waals surface area contributed by atoms with Crippen LogP contribution in [0.5, 0.6) is 0 Å². The monoisotopic (exact) mass is 487 g/mol. The number of fused-ring (bicyclic) bond motifs is 5. The van der Waals surface area contributed by atoms with Crippen LogP contribution in [0, 0.1) is 34.5 Å². The lowest BCUT2D eigenvalue weighted by Gasteiger charge is -2.60. The summed E-state index contributed by atoms with van der Waals surface area (Å²) in [6, 6.07) is 0. The molecular weight excluding hydrogens is 450 g/mol. The predicted octanol–water partition coefficient (Wildman–Crippen LogP) is 3.90. The first kappa shape index (κ1) is 24.4. The number of rotatable bonds is 5. The number of carbonyl (C=O) groups excluding carboxylic acids is 5. The van der Waals surface area contributed by atoms with E-state index >= 15 is 0 Å². The normalized spacial score (nSPS) is 40.7. The molecule has 0 aromatic heterocycles. The number of Topliss-reactive ketones (excluding diaryl/α,β-unsaturated/α-hetero) is 1. The Balaban J connectivity index is 1.17. The number of hydrogen-bond donors (Lipinski definition) is 0. The second-order valence-corrected chi connectivity index (χ2v) is 12.0. The molecule has 1 saturated heterocycles. The summed E-state index contributed by atoms with van der Waals surface area (Å²) in [6.07, 6.45) is 8.39. The highest BCUT2D eigenvalue weighted by Gasteiger charge is 2.61. The number of ether oxygens (including phenoxy) is 1. The van der Waals surface area contributed by atoms with Gasteiger partial charge in [0, 0.05) is 31.1 Å². The molecule has 0 N–H and O–H groups in total. The molecule has 5 aliphatic rings. The number of ketones is 1. The van der Waals surface area contributed by atoms with Crippen molar-refractivity contribution < 1.29 is 33.5 Å². The number of carbonyl (C=O) groups is 5. The van der Waals surface area contributed by atoms with Crippen molar-refractivity contribution in [1.82, 2.24) is 5.06 Å². The summed E-state index contributed by atoms with van der Waals surface area (Å²) >= 11 is 0. The molecule has 192 valence electrons. The molecule has 2 amide bonds. The number of amides is 2. The zero-order valence-corrected chi connectivity index (χ0v) is 20.9. The van der Waals surface area contributed by atoms with Gasteiger partial charge in [0.2, 0.25) is 0 Å². The van der Waals surface area contributed by atoms with E-state index in [0.717, 1.165) is 51.4 Å². The van der Waals surface area contributed by atoms with Crippen LogP contribution in [0.4, 0.5) is 0 Å². The van der Waals surface area contributed by atoms with Crippen LogP contribution in [0.25, 0.3) is 0 Å². The minimum absolute atomic E-state index is 0.0371. The molecule has 4 aliphatic carbocycles. The zero-order chi connectivity index (χ0) is 25.0. The average molecular weight is 488 g/mol. The molecule has 4 saturated carbocycles. The summed E-state index contributed by atoms with van der Waals surface area (Å²) < 4.78 is 5.93. The fraction of sp³-hybridized carbons (Fsp3) is 0.815. The van der Waals surface area contributed by atoms with E-state index in [0.29, 0.717) is 34.5 Å². The maximum Gasteiger partial charge on any atom is 0.333 e. The molecule has 0 aromatic rings. The largest absolute Gasteiger partial charge is 0.462 e. The summed E-state index contributed by atoms with van der Waals surface area (Å²) in [5, 5.41) is 0.506. The van der Waals surface area contributed by atoms with Gasteiger partial charge in [-0.3, -0.25) is 19.2 Å². The van der Waals surface area contributed by atoms with Crippen LogP contribution in [-0.4, -0.2) is 40.7 Å². The molecule has 0 aromatic carbocycles. The number of nitrogens with zero attached hydrogens (tertiary/aromatic N) is 1. The van der Waals surface area contributed by atoms with Crippen molar-refractivity contribution in [2.24, 2.45) is 34.5 Å². The molecule has 1 aliphatic heterocycles. The first-order valence-corrected chi connectivity index (χ1v) is 13.4. The molecule has 0 spiro atoms. The van der Waals surface area contributed by atoms with E-state index in [1.54, 1.807) is 0 Å². The summed E-state index contributed by atoms with van der Waals surface area (Å²) in [6.45, 7) is 4.70. The van der Waals surface area contributed by atoms with Gasteiger partial charge in [0.25, 0.3) is 11.8 Å². The maximum absolute atomic E-state index is 12.6. The second-order valence-electron chi connectivity index (χ2n) is 12.0. The Morgan fingerprint density at radius 3 is 2.26 bits per heavy atom. The summed E-state index contributed by atoms with van der Waals surface area (Å²) in [4.78, 5) is 64.8. The minimum atomic E-state index is -0.780. The molecule has 5 rings (SSSR count). The summed E-state index contributed by atoms with van der Waals surface area (Å²) in [7, 11) is 0. The first-order chi connectivity index (χ1) is 16.6. The van der Waals surface area contributed by atoms with Crippen LogP contribution in [-0.2, 0) is 33.5 Å². The fourth-order valence-corrected chi connectivity index (χ4v) is 8.42. The van der Waals surface area contributed by atoms with Crippen molar-refractivity contribution in [2.45, 2.75) is 103 Å². The number of hydroxylamine groups is 2. The Bertz CT molecular complexity index is 930. The van der Waals surface area contributed by atoms with Crippen molar-refractivity contribution in [3.05, 3.63) is 0 Å². The summed E-state index contributed by atoms with van der Waals surface area (Å²) in [5.41, 5.74) is 0.199. The van der Waals surface area contributed by atoms with E-state index in [4.69, 9.17) is 9.57 Å². The highest BCUT2D eigenvalue weighted by Crippen LogP contribution is 2.66. The van der Waals surface area contributed by atoms with Gasteiger partial charge in [0.1, 0.15) is 11.9 Å². The Labute approximate surface area is 206 Å². The van der Waals surface area contributed by atoms with Crippen molar-refractivity contribution >= 4 is 29.5 Å². The van der Waals surface area contributed by atoms with Crippen molar-refractivity contribution in [2.75, 3.05) is 0 Å². The van der Waals surface area contributed by atoms with Gasteiger partial charge in [-0.1, -0.05) is 13.8 Å². The minimum Gasteiger partial charge on any atom is -0.462 e. The van der Waals surface area contributed by atoms with Crippen LogP contribution in [0.1, 0.15) is 97.3 Å². The van der Waals surface area contributed by atoms with E-state index in [9.17, 15) is 24.0 Å². The quantitative estimate of drug-likeness (QED) is 0.428. The molecule has 0 radical (unpaired) electrons. The zero-order valence-electron chi connectivity index (χ0n) is 20.9. The van der Waals surface area contributed by atoms with E-state index < -0.39 is 23.8 Å². The van der Waals surface area contributed by atoms with Crippen LogP contribution in [0.2, 0.25) is 0 Å². The van der Waals surface area contributed by atoms with Gasteiger partial charge >= 0.3 is 11.9 Å². The van der Waals surface area contributed by atoms with E-state index in [1.807, 2.05) is 0 Å². The maximum atomic E-state index is 12.6. The van der Waals surface area contributed by atoms with Gasteiger partial charge in [0.05, 0.1) is 12.8 Å². The third-order valence-corrected chi connectivity index (χ3v) is 10.4. The lowest BCUT2D eigenvalue weighted by Crippen LogP contribution is -2.54. The molecule has 1 heterocycles. The van der Waals surface area contributed by atoms with Gasteiger partial charge in [0.15, 0.2) is 0 Å². The van der Waals surface area contributed by atoms with Crippen LogP contribution < -0.4 is 0 Å². The molecule has 8 nitrogen and oxygen atoms in total. The third kappa shape index (κ3) is 4.20. The van der Waals surface area contributed by atoms with Gasteiger partial charge in [-0.05, 0) is 74.0 Å². The van der Waals surface area contributed by atoms with Gasteiger partial charge in [-0.2, -0.15) is 0 Å². The Hall–Kier alpha value is -2.25. The third-order valence-electron chi connectivity index (χ3n) is 10.4. The van der Waals surface area contributed by atoms with Crippen LogP contribution in [0.15, 0.2) is 0 Å². The fourth-order valence-electron chi connectivity index (χ4n) is 8.42. The van der Waals surface area contributed by atoms with Gasteiger partial charge in [-0.15, -0.1) is 5.06 Å². The average Bonchev–Trinajstić information content (AvgIpc) is 3.31. The van der Waals surface area contributed by atoms with E-state index in [-0.39, 0.29) is 42.6 Å². The van der Waals surface area contributed by atoms with Gasteiger partial charge < -0.3 is 9.57 Å². The number of hydrogen-bond acceptors (Lipinski definition) is 7. The van der Waals surface area contributed by atoms with E-state index in [1.165, 1.54) is 6.42 Å². The van der Waals surface area contributed by atoms with Crippen LogP contribution >= 0.6 is 0 Å². The molecule has 7 atom stereocenters. The smallest absolute Gasteiger partial charge is 0.333 e. The molecular formula is C27H37NO7. The number of imide groups is 1. The van der Waals surface area contributed by atoms with Crippen molar-refractivity contribution in [3.63, 3.8) is 0 Å². The number of esters is 1. The lowest BCUT2D eigenvalue weighted by atomic mass is 9.45. The highest BCUT2D eigenvalue weighted by atomic mass is 16.7. The molecule has 8 heteroatoms. The SMILES string of the molecule is C[C@]12CCC(=O)C[C@@H]1CC[C@@H]1[C@@H]2CC[C@]2(C)[C@H](OC(=O)CCC(=O)ON3C(=O)CCC3=O)CC[C@@H]12. The molecule has 35 heavy (non-hydrogen) atoms. The Kier molecular flexibility index (Phi) is 6.29. The summed E-state index contributed by atoms with van der Waals surface area (Å²) in [5.74, 6) is 0.464. The lowest BCUT2D eigenvalue weighted by molar-refractivity contribution is -0.198. The molecule has 0 unspecified atom stereocenters. The second kappa shape index (κ2) is 9.00. The topological polar surface area (TPSA) is 107 Å². The van der Waals surface area contributed by atoms with Crippen molar-refractivity contribution in [1.29, 1.82) is 0 Å². The van der Waals surface area contributed by atoms with Gasteiger partial charge in [-0.25, -0.2) is 4.79 Å². The molecule has 0 bridgehead atoms. The Morgan fingerprint density at radius 1 is 0.829 bits per heavy atom. The van der Waals surface area contributed by atoms with Crippen LogP contribution in [0.3, 0.4) is 0 Å². The predicted molar refractivity (Wildman–Crippen MR) is 123 cm³/mol. The standard InChI is InChI=1S/C27H37NO7/c1-26-13-11-17(29)15-16(26)3-4-18-19-5-6-21(27(19,2)14-12-20(18)26)34-24(32)9-10-25(33)35-28-22(30)7-8-23(28)31/h16,18-21H,3-15H2,1-2H3/t16-,18-,19-,20-,21+,26-,27-/m0/s1. The highest BCUT2D eigenvalue weighted by molar-refractivity contribution is 6.01. The van der Waals surface area contributed by atoms with Crippen molar-refractivity contribution in [3.8, 4) is 0 Å².